The van der Waals surface area contributed by atoms with E-state index in [2.05, 4.69) is 26.1 Å². The Balaban J connectivity index is 1.90. The van der Waals surface area contributed by atoms with Crippen molar-refractivity contribution >= 4 is 0 Å². The van der Waals surface area contributed by atoms with Crippen LogP contribution in [-0.2, 0) is 4.74 Å². The van der Waals surface area contributed by atoms with Gasteiger partial charge in [-0.05, 0) is 38.1 Å². The maximum Gasteiger partial charge on any atom is 0.0577 e. The van der Waals surface area contributed by atoms with E-state index in [0.29, 0.717) is 12.1 Å². The Morgan fingerprint density at radius 1 is 1.25 bits per heavy atom. The molecular weight excluding hydrogens is 198 g/mol. The summed E-state index contributed by atoms with van der Waals surface area (Å²) in [5, 5.41) is 3.44. The van der Waals surface area contributed by atoms with Crippen LogP contribution in [0.2, 0.25) is 0 Å². The quantitative estimate of drug-likeness (QED) is 0.673. The highest BCUT2D eigenvalue weighted by Crippen LogP contribution is 2.25. The van der Waals surface area contributed by atoms with Crippen molar-refractivity contribution in [1.29, 1.82) is 0 Å². The fourth-order valence-corrected chi connectivity index (χ4v) is 2.40. The molecule has 1 saturated carbocycles. The lowest BCUT2D eigenvalue weighted by molar-refractivity contribution is 0.0139. The molecule has 0 aliphatic heterocycles. The average Bonchev–Trinajstić information content (AvgIpc) is 2.23. The molecule has 2 nitrogen and oxygen atoms in total. The highest BCUT2D eigenvalue weighted by atomic mass is 16.5. The Bertz CT molecular complexity index is 170. The standard InChI is InChI=1S/C14H29NO/c1-12(2)15-9-4-5-10-16-14-8-6-7-13(3)11-14/h12-15H,4-11H2,1-3H3. The van der Waals surface area contributed by atoms with Gasteiger partial charge in [0.1, 0.15) is 0 Å². The van der Waals surface area contributed by atoms with Crippen LogP contribution in [0.5, 0.6) is 0 Å². The molecule has 0 radical (unpaired) electrons. The smallest absolute Gasteiger partial charge is 0.0577 e. The Kier molecular flexibility index (Phi) is 7.06. The van der Waals surface area contributed by atoms with Crippen molar-refractivity contribution in [2.75, 3.05) is 13.2 Å². The highest BCUT2D eigenvalue weighted by Gasteiger charge is 2.18. The summed E-state index contributed by atoms with van der Waals surface area (Å²) in [6.45, 7) is 8.82. The van der Waals surface area contributed by atoms with E-state index in [1.165, 1.54) is 38.5 Å². The minimum Gasteiger partial charge on any atom is -0.378 e. The molecule has 1 fully saturated rings. The molecular formula is C14H29NO. The minimum absolute atomic E-state index is 0.557. The third kappa shape index (κ3) is 6.49. The molecule has 1 aliphatic rings. The molecule has 96 valence electrons. The highest BCUT2D eigenvalue weighted by molar-refractivity contribution is 4.70. The van der Waals surface area contributed by atoms with E-state index in [1.807, 2.05) is 0 Å². The molecule has 1 N–H and O–H groups in total. The summed E-state index contributed by atoms with van der Waals surface area (Å²) in [5.41, 5.74) is 0. The van der Waals surface area contributed by atoms with Crippen molar-refractivity contribution in [2.24, 2.45) is 5.92 Å². The van der Waals surface area contributed by atoms with Crippen LogP contribution < -0.4 is 5.32 Å². The SMILES string of the molecule is CC1CCCC(OCCCCNC(C)C)C1. The van der Waals surface area contributed by atoms with Crippen LogP contribution in [0.25, 0.3) is 0 Å². The van der Waals surface area contributed by atoms with Crippen LogP contribution in [0.3, 0.4) is 0 Å². The second-order valence-corrected chi connectivity index (χ2v) is 5.58. The molecule has 2 unspecified atom stereocenters. The first kappa shape index (κ1) is 14.0. The summed E-state index contributed by atoms with van der Waals surface area (Å²) in [4.78, 5) is 0. The van der Waals surface area contributed by atoms with Gasteiger partial charge in [-0.15, -0.1) is 0 Å². The van der Waals surface area contributed by atoms with Crippen LogP contribution in [-0.4, -0.2) is 25.3 Å². The van der Waals surface area contributed by atoms with Gasteiger partial charge in [-0.25, -0.2) is 0 Å². The van der Waals surface area contributed by atoms with Crippen molar-refractivity contribution in [2.45, 2.75) is 71.4 Å². The first-order valence-corrected chi connectivity index (χ1v) is 7.03. The summed E-state index contributed by atoms with van der Waals surface area (Å²) in [6, 6.07) is 0.611. The maximum atomic E-state index is 5.93. The lowest BCUT2D eigenvalue weighted by atomic mass is 9.89. The predicted molar refractivity (Wildman–Crippen MR) is 69.7 cm³/mol. The predicted octanol–water partition coefficient (Wildman–Crippen LogP) is 3.36. The maximum absolute atomic E-state index is 5.93. The van der Waals surface area contributed by atoms with Gasteiger partial charge in [0.05, 0.1) is 6.10 Å². The van der Waals surface area contributed by atoms with E-state index in [0.717, 1.165) is 19.1 Å². The zero-order valence-corrected chi connectivity index (χ0v) is 11.3. The molecule has 1 rings (SSSR count). The van der Waals surface area contributed by atoms with E-state index in [4.69, 9.17) is 4.74 Å². The van der Waals surface area contributed by atoms with E-state index in [-0.39, 0.29) is 0 Å². The van der Waals surface area contributed by atoms with Gasteiger partial charge in [0, 0.05) is 12.6 Å². The van der Waals surface area contributed by atoms with Crippen LogP contribution >= 0.6 is 0 Å². The van der Waals surface area contributed by atoms with Crippen molar-refractivity contribution in [1.82, 2.24) is 5.32 Å². The summed E-state index contributed by atoms with van der Waals surface area (Å²) < 4.78 is 5.93. The van der Waals surface area contributed by atoms with Crippen LogP contribution in [0.15, 0.2) is 0 Å². The molecule has 0 spiro atoms. The average molecular weight is 227 g/mol. The third-order valence-corrected chi connectivity index (χ3v) is 3.37. The van der Waals surface area contributed by atoms with Crippen LogP contribution in [0.4, 0.5) is 0 Å². The summed E-state index contributed by atoms with van der Waals surface area (Å²) in [6.07, 6.45) is 8.32. The molecule has 0 aromatic rings. The molecule has 2 atom stereocenters. The molecule has 16 heavy (non-hydrogen) atoms. The third-order valence-electron chi connectivity index (χ3n) is 3.37. The molecule has 0 saturated heterocycles. The summed E-state index contributed by atoms with van der Waals surface area (Å²) >= 11 is 0. The first-order chi connectivity index (χ1) is 7.68. The molecule has 0 amide bonds. The number of hydrogen-bond donors (Lipinski definition) is 1. The fraction of sp³-hybridized carbons (Fsp3) is 1.00. The Labute approximate surface area is 101 Å². The number of unbranched alkanes of at least 4 members (excludes halogenated alkanes) is 1. The summed E-state index contributed by atoms with van der Waals surface area (Å²) in [5.74, 6) is 0.876. The van der Waals surface area contributed by atoms with Gasteiger partial charge >= 0.3 is 0 Å². The van der Waals surface area contributed by atoms with E-state index < -0.39 is 0 Å². The zero-order valence-electron chi connectivity index (χ0n) is 11.3. The van der Waals surface area contributed by atoms with Crippen molar-refractivity contribution in [3.8, 4) is 0 Å². The molecule has 0 aromatic heterocycles. The van der Waals surface area contributed by atoms with Gasteiger partial charge in [0.25, 0.3) is 0 Å². The first-order valence-electron chi connectivity index (χ1n) is 7.03. The molecule has 0 heterocycles. The second-order valence-electron chi connectivity index (χ2n) is 5.58. The monoisotopic (exact) mass is 227 g/mol. The van der Waals surface area contributed by atoms with Gasteiger partial charge in [-0.3, -0.25) is 0 Å². The Morgan fingerprint density at radius 2 is 2.06 bits per heavy atom. The van der Waals surface area contributed by atoms with Crippen molar-refractivity contribution in [3.63, 3.8) is 0 Å². The fourth-order valence-electron chi connectivity index (χ4n) is 2.40. The largest absolute Gasteiger partial charge is 0.378 e. The lowest BCUT2D eigenvalue weighted by Gasteiger charge is -2.26. The number of ether oxygens (including phenoxy) is 1. The molecule has 1 aliphatic carbocycles. The number of hydrogen-bond acceptors (Lipinski definition) is 2. The minimum atomic E-state index is 0.557. The normalized spacial score (nSPS) is 26.2. The topological polar surface area (TPSA) is 21.3 Å². The van der Waals surface area contributed by atoms with Gasteiger partial charge in [-0.1, -0.05) is 33.6 Å². The number of nitrogens with one attached hydrogen (secondary N) is 1. The van der Waals surface area contributed by atoms with E-state index in [1.54, 1.807) is 0 Å². The van der Waals surface area contributed by atoms with Crippen molar-refractivity contribution in [3.05, 3.63) is 0 Å². The van der Waals surface area contributed by atoms with E-state index >= 15 is 0 Å². The lowest BCUT2D eigenvalue weighted by Crippen LogP contribution is -2.24. The van der Waals surface area contributed by atoms with Gasteiger partial charge in [0.2, 0.25) is 0 Å². The number of rotatable bonds is 7. The van der Waals surface area contributed by atoms with Gasteiger partial charge in [0.15, 0.2) is 0 Å². The van der Waals surface area contributed by atoms with Crippen molar-refractivity contribution < 1.29 is 4.74 Å². The summed E-state index contributed by atoms with van der Waals surface area (Å²) in [7, 11) is 0. The van der Waals surface area contributed by atoms with Crippen LogP contribution in [0, 0.1) is 5.92 Å². The zero-order chi connectivity index (χ0) is 11.8. The van der Waals surface area contributed by atoms with E-state index in [9.17, 15) is 0 Å². The van der Waals surface area contributed by atoms with Gasteiger partial charge in [-0.2, -0.15) is 0 Å². The Hall–Kier alpha value is -0.0800. The Morgan fingerprint density at radius 3 is 2.75 bits per heavy atom. The van der Waals surface area contributed by atoms with Gasteiger partial charge < -0.3 is 10.1 Å². The molecule has 2 heteroatoms. The molecule has 0 aromatic carbocycles. The molecule has 0 bridgehead atoms. The second kappa shape index (κ2) is 8.08. The van der Waals surface area contributed by atoms with Crippen LogP contribution in [0.1, 0.15) is 59.3 Å².